The highest BCUT2D eigenvalue weighted by Crippen LogP contribution is 2.34. The van der Waals surface area contributed by atoms with Gasteiger partial charge in [-0.2, -0.15) is 0 Å². The first-order chi connectivity index (χ1) is 9.40. The second-order valence-electron chi connectivity index (χ2n) is 5.33. The van der Waals surface area contributed by atoms with Crippen LogP contribution in [-0.4, -0.2) is 27.5 Å². The van der Waals surface area contributed by atoms with E-state index in [4.69, 9.17) is 5.73 Å². The van der Waals surface area contributed by atoms with Crippen molar-refractivity contribution < 1.29 is 8.42 Å². The molecule has 0 radical (unpaired) electrons. The third-order valence-corrected chi connectivity index (χ3v) is 5.60. The molecule has 2 rings (SSSR count). The number of nitrogen functional groups attached to an aromatic ring is 1. The maximum Gasteiger partial charge on any atom is 0.242 e. The maximum absolute atomic E-state index is 11.8. The zero-order chi connectivity index (χ0) is 14.9. The quantitative estimate of drug-likeness (QED) is 0.833. The molecule has 2 unspecified atom stereocenters. The first-order valence-electron chi connectivity index (χ1n) is 7.02. The summed E-state index contributed by atoms with van der Waals surface area (Å²) in [5.41, 5.74) is 7.24. The van der Waals surface area contributed by atoms with E-state index >= 15 is 0 Å². The lowest BCUT2D eigenvalue weighted by atomic mass is 10.1. The smallest absolute Gasteiger partial charge is 0.242 e. The van der Waals surface area contributed by atoms with Crippen LogP contribution in [0.2, 0.25) is 0 Å². The molecule has 6 heteroatoms. The minimum Gasteiger partial charge on any atom is -0.398 e. The zero-order valence-corrected chi connectivity index (χ0v) is 13.1. The molecule has 0 amide bonds. The van der Waals surface area contributed by atoms with E-state index in [2.05, 4.69) is 23.5 Å². The van der Waals surface area contributed by atoms with Gasteiger partial charge < -0.3 is 10.6 Å². The van der Waals surface area contributed by atoms with E-state index in [1.807, 2.05) is 6.07 Å². The second-order valence-corrected chi connectivity index (χ2v) is 7.18. The highest BCUT2D eigenvalue weighted by molar-refractivity contribution is 7.89. The predicted octanol–water partition coefficient (Wildman–Crippen LogP) is 1.94. The zero-order valence-electron chi connectivity index (χ0n) is 12.3. The lowest BCUT2D eigenvalue weighted by Gasteiger charge is -2.30. The van der Waals surface area contributed by atoms with Gasteiger partial charge in [-0.05, 0) is 51.4 Å². The van der Waals surface area contributed by atoms with E-state index in [9.17, 15) is 8.42 Å². The minimum absolute atomic E-state index is 0.142. The summed E-state index contributed by atoms with van der Waals surface area (Å²) < 4.78 is 26.0. The summed E-state index contributed by atoms with van der Waals surface area (Å²) in [6, 6.07) is 6.19. The Morgan fingerprint density at radius 3 is 2.65 bits per heavy atom. The number of nitrogens with two attached hydrogens (primary N) is 1. The molecule has 1 aliphatic rings. The van der Waals surface area contributed by atoms with Gasteiger partial charge in [0.05, 0.1) is 5.69 Å². The van der Waals surface area contributed by atoms with Gasteiger partial charge in [-0.15, -0.1) is 0 Å². The van der Waals surface area contributed by atoms with Crippen molar-refractivity contribution in [2.45, 2.75) is 50.1 Å². The Kier molecular flexibility index (Phi) is 4.25. The molecule has 0 aliphatic carbocycles. The highest BCUT2D eigenvalue weighted by atomic mass is 32.2. The number of nitrogens with one attached hydrogen (secondary N) is 1. The van der Waals surface area contributed by atoms with Crippen LogP contribution in [0.5, 0.6) is 0 Å². The monoisotopic (exact) mass is 297 g/mol. The largest absolute Gasteiger partial charge is 0.398 e. The number of sulfonamides is 1. The van der Waals surface area contributed by atoms with Gasteiger partial charge in [0, 0.05) is 17.8 Å². The number of nitrogens with zero attached hydrogens (tertiary/aromatic N) is 1. The Balaban J connectivity index is 2.39. The Bertz CT molecular complexity index is 586. The van der Waals surface area contributed by atoms with Crippen molar-refractivity contribution in [2.24, 2.45) is 0 Å². The molecule has 1 heterocycles. The number of anilines is 2. The van der Waals surface area contributed by atoms with Crippen LogP contribution in [0.1, 0.15) is 33.1 Å². The number of hydrogen-bond donors (Lipinski definition) is 2. The fraction of sp³-hybridized carbons (Fsp3) is 0.571. The molecule has 3 N–H and O–H groups in total. The van der Waals surface area contributed by atoms with Crippen LogP contribution in [0.3, 0.4) is 0 Å². The lowest BCUT2D eigenvalue weighted by Crippen LogP contribution is -2.34. The third kappa shape index (κ3) is 2.62. The molecule has 1 aliphatic heterocycles. The van der Waals surface area contributed by atoms with Crippen LogP contribution in [0.4, 0.5) is 11.4 Å². The Morgan fingerprint density at radius 1 is 1.40 bits per heavy atom. The van der Waals surface area contributed by atoms with Crippen LogP contribution in [0.15, 0.2) is 23.1 Å². The average Bonchev–Trinajstić information content (AvgIpc) is 2.79. The Labute approximate surface area is 121 Å². The van der Waals surface area contributed by atoms with E-state index in [1.165, 1.54) is 13.5 Å². The molecule has 0 saturated carbocycles. The molecule has 0 bridgehead atoms. The van der Waals surface area contributed by atoms with E-state index in [0.717, 1.165) is 18.5 Å². The van der Waals surface area contributed by atoms with Crippen molar-refractivity contribution in [3.63, 3.8) is 0 Å². The van der Waals surface area contributed by atoms with Crippen molar-refractivity contribution in [1.82, 2.24) is 4.72 Å². The molecule has 1 aromatic rings. The van der Waals surface area contributed by atoms with Gasteiger partial charge in [-0.25, -0.2) is 13.1 Å². The summed E-state index contributed by atoms with van der Waals surface area (Å²) in [6.07, 6.45) is 3.42. The lowest BCUT2D eigenvalue weighted by molar-refractivity contribution is 0.588. The molecule has 1 fully saturated rings. The van der Waals surface area contributed by atoms with Gasteiger partial charge in [0.1, 0.15) is 4.90 Å². The fourth-order valence-electron chi connectivity index (χ4n) is 2.99. The first kappa shape index (κ1) is 15.1. The van der Waals surface area contributed by atoms with E-state index < -0.39 is 10.0 Å². The van der Waals surface area contributed by atoms with Crippen molar-refractivity contribution in [1.29, 1.82) is 0 Å². The van der Waals surface area contributed by atoms with Crippen LogP contribution >= 0.6 is 0 Å². The molecule has 1 aromatic carbocycles. The normalized spacial score (nSPS) is 23.2. The summed E-state index contributed by atoms with van der Waals surface area (Å²) in [4.78, 5) is 2.50. The molecule has 5 nitrogen and oxygen atoms in total. The Hall–Kier alpha value is -1.27. The maximum atomic E-state index is 11.8. The number of benzene rings is 1. The molecule has 2 atom stereocenters. The molecule has 0 aromatic heterocycles. The molecular formula is C14H23N3O2S. The molecular weight excluding hydrogens is 274 g/mol. The van der Waals surface area contributed by atoms with Gasteiger partial charge in [-0.3, -0.25) is 0 Å². The topological polar surface area (TPSA) is 75.4 Å². The van der Waals surface area contributed by atoms with Crippen molar-refractivity contribution in [3.05, 3.63) is 18.2 Å². The summed E-state index contributed by atoms with van der Waals surface area (Å²) in [6.45, 7) is 4.38. The minimum atomic E-state index is -3.50. The molecule has 20 heavy (non-hydrogen) atoms. The molecule has 0 spiro atoms. The summed E-state index contributed by atoms with van der Waals surface area (Å²) >= 11 is 0. The van der Waals surface area contributed by atoms with Gasteiger partial charge >= 0.3 is 0 Å². The van der Waals surface area contributed by atoms with Crippen molar-refractivity contribution in [2.75, 3.05) is 17.7 Å². The predicted molar refractivity (Wildman–Crippen MR) is 82.4 cm³/mol. The van der Waals surface area contributed by atoms with Crippen molar-refractivity contribution >= 4 is 21.4 Å². The van der Waals surface area contributed by atoms with E-state index in [0.29, 0.717) is 17.8 Å². The van der Waals surface area contributed by atoms with Crippen LogP contribution < -0.4 is 15.4 Å². The molecule has 112 valence electrons. The average molecular weight is 297 g/mol. The van der Waals surface area contributed by atoms with E-state index in [1.54, 1.807) is 12.1 Å². The SMILES string of the molecule is CCC1CCC(C)N1c1ccc(S(=O)(=O)NC)c(N)c1. The van der Waals surface area contributed by atoms with Gasteiger partial charge in [0.15, 0.2) is 0 Å². The highest BCUT2D eigenvalue weighted by Gasteiger charge is 2.30. The summed E-state index contributed by atoms with van der Waals surface area (Å²) in [5.74, 6) is 0. The van der Waals surface area contributed by atoms with Crippen LogP contribution in [0, 0.1) is 0 Å². The van der Waals surface area contributed by atoms with Gasteiger partial charge in [0.25, 0.3) is 0 Å². The first-order valence-corrected chi connectivity index (χ1v) is 8.50. The standard InChI is InChI=1S/C14H23N3O2S/c1-4-11-6-5-10(2)17(11)12-7-8-14(13(15)9-12)20(18,19)16-3/h7-11,16H,4-6,15H2,1-3H3. The van der Waals surface area contributed by atoms with Crippen molar-refractivity contribution in [3.8, 4) is 0 Å². The van der Waals surface area contributed by atoms with Gasteiger partial charge in [0.2, 0.25) is 10.0 Å². The summed E-state index contributed by atoms with van der Waals surface area (Å²) in [5, 5.41) is 0. The summed E-state index contributed by atoms with van der Waals surface area (Å²) in [7, 11) is -2.11. The van der Waals surface area contributed by atoms with Gasteiger partial charge in [-0.1, -0.05) is 6.92 Å². The number of hydrogen-bond acceptors (Lipinski definition) is 4. The molecule has 1 saturated heterocycles. The fourth-order valence-corrected chi connectivity index (χ4v) is 3.83. The Morgan fingerprint density at radius 2 is 2.10 bits per heavy atom. The number of rotatable bonds is 4. The van der Waals surface area contributed by atoms with Crippen LogP contribution in [0.25, 0.3) is 0 Å². The van der Waals surface area contributed by atoms with Crippen LogP contribution in [-0.2, 0) is 10.0 Å². The second kappa shape index (κ2) is 5.61. The third-order valence-electron chi connectivity index (χ3n) is 4.11. The van der Waals surface area contributed by atoms with E-state index in [-0.39, 0.29) is 4.90 Å².